The molecular formula is C20H18N4O4. The molecule has 0 fully saturated rings. The molecule has 0 spiro atoms. The Morgan fingerprint density at radius 3 is 2.86 bits per heavy atom. The zero-order valence-corrected chi connectivity index (χ0v) is 15.1. The first-order valence-electron chi connectivity index (χ1n) is 8.62. The van der Waals surface area contributed by atoms with E-state index in [1.54, 1.807) is 13.2 Å². The summed E-state index contributed by atoms with van der Waals surface area (Å²) in [4.78, 5) is 20.7. The van der Waals surface area contributed by atoms with Crippen LogP contribution in [0.5, 0.6) is 17.2 Å². The molecule has 8 heteroatoms. The van der Waals surface area contributed by atoms with E-state index in [9.17, 15) is 4.79 Å². The standard InChI is InChI=1S/C20H18N4O4/c1-26-16-5-3-2-4-14(16)24-19-9-15(22-11-23-19)20(25)21-10-13-6-7-17-18(8-13)28-12-27-17/h2-9,11H,10,12H2,1H3,(H,21,25)(H,22,23,24). The van der Waals surface area contributed by atoms with E-state index >= 15 is 0 Å². The largest absolute Gasteiger partial charge is 0.495 e. The smallest absolute Gasteiger partial charge is 0.270 e. The summed E-state index contributed by atoms with van der Waals surface area (Å²) in [5.74, 6) is 2.25. The van der Waals surface area contributed by atoms with E-state index in [0.717, 1.165) is 11.3 Å². The van der Waals surface area contributed by atoms with Crippen LogP contribution in [0.1, 0.15) is 16.1 Å². The van der Waals surface area contributed by atoms with Crippen molar-refractivity contribution in [2.45, 2.75) is 6.54 Å². The Bertz CT molecular complexity index is 1010. The van der Waals surface area contributed by atoms with Gasteiger partial charge in [-0.25, -0.2) is 9.97 Å². The summed E-state index contributed by atoms with van der Waals surface area (Å²) in [5, 5.41) is 5.98. The average Bonchev–Trinajstić information content (AvgIpc) is 3.20. The Morgan fingerprint density at radius 1 is 1.11 bits per heavy atom. The second-order valence-corrected chi connectivity index (χ2v) is 5.98. The molecule has 0 unspecified atom stereocenters. The van der Waals surface area contributed by atoms with Gasteiger partial charge in [0.05, 0.1) is 12.8 Å². The fraction of sp³-hybridized carbons (Fsp3) is 0.150. The van der Waals surface area contributed by atoms with Crippen LogP contribution in [0.25, 0.3) is 0 Å². The van der Waals surface area contributed by atoms with Gasteiger partial charge in [0.25, 0.3) is 5.91 Å². The molecule has 3 aromatic rings. The predicted octanol–water partition coefficient (Wildman–Crippen LogP) is 2.89. The minimum Gasteiger partial charge on any atom is -0.495 e. The Morgan fingerprint density at radius 2 is 1.96 bits per heavy atom. The first kappa shape index (κ1) is 17.6. The molecule has 8 nitrogen and oxygen atoms in total. The monoisotopic (exact) mass is 378 g/mol. The van der Waals surface area contributed by atoms with E-state index in [1.807, 2.05) is 42.5 Å². The van der Waals surface area contributed by atoms with Crippen LogP contribution >= 0.6 is 0 Å². The fourth-order valence-electron chi connectivity index (χ4n) is 2.76. The number of ether oxygens (including phenoxy) is 3. The number of nitrogens with zero attached hydrogens (tertiary/aromatic N) is 2. The Balaban J connectivity index is 1.43. The first-order valence-corrected chi connectivity index (χ1v) is 8.62. The molecule has 2 N–H and O–H groups in total. The van der Waals surface area contributed by atoms with Crippen LogP contribution in [0.4, 0.5) is 11.5 Å². The SMILES string of the molecule is COc1ccccc1Nc1cc(C(=O)NCc2ccc3c(c2)OCO3)ncn1. The number of carbonyl (C=O) groups is 1. The van der Waals surface area contributed by atoms with Gasteiger partial charge >= 0.3 is 0 Å². The molecular weight excluding hydrogens is 360 g/mol. The summed E-state index contributed by atoms with van der Waals surface area (Å²) in [6.45, 7) is 0.558. The maximum absolute atomic E-state index is 12.5. The summed E-state index contributed by atoms with van der Waals surface area (Å²) in [6.07, 6.45) is 1.34. The van der Waals surface area contributed by atoms with E-state index < -0.39 is 0 Å². The van der Waals surface area contributed by atoms with Crippen LogP contribution in [0.3, 0.4) is 0 Å². The van der Waals surface area contributed by atoms with Crippen LogP contribution in [-0.4, -0.2) is 29.8 Å². The number of nitrogens with one attached hydrogen (secondary N) is 2. The van der Waals surface area contributed by atoms with Crippen molar-refractivity contribution in [1.82, 2.24) is 15.3 Å². The minimum atomic E-state index is -0.303. The van der Waals surface area contributed by atoms with Gasteiger partial charge in [-0.3, -0.25) is 4.79 Å². The lowest BCUT2D eigenvalue weighted by atomic mass is 10.2. The summed E-state index contributed by atoms with van der Waals surface area (Å²) in [7, 11) is 1.59. The molecule has 0 atom stereocenters. The molecule has 28 heavy (non-hydrogen) atoms. The van der Waals surface area contributed by atoms with Gasteiger partial charge in [0, 0.05) is 12.6 Å². The van der Waals surface area contributed by atoms with Gasteiger partial charge in [-0.15, -0.1) is 0 Å². The van der Waals surface area contributed by atoms with Crippen molar-refractivity contribution in [2.75, 3.05) is 19.2 Å². The van der Waals surface area contributed by atoms with E-state index in [-0.39, 0.29) is 18.4 Å². The number of carbonyl (C=O) groups excluding carboxylic acids is 1. The van der Waals surface area contributed by atoms with Crippen molar-refractivity contribution in [1.29, 1.82) is 0 Å². The molecule has 2 heterocycles. The second-order valence-electron chi connectivity index (χ2n) is 5.98. The van der Waals surface area contributed by atoms with Crippen LogP contribution in [0.2, 0.25) is 0 Å². The maximum Gasteiger partial charge on any atom is 0.270 e. The lowest BCUT2D eigenvalue weighted by Crippen LogP contribution is -2.24. The zero-order chi connectivity index (χ0) is 19.3. The average molecular weight is 378 g/mol. The third-order valence-corrected chi connectivity index (χ3v) is 4.16. The lowest BCUT2D eigenvalue weighted by Gasteiger charge is -2.11. The number of benzene rings is 2. The number of hydrogen-bond acceptors (Lipinski definition) is 7. The molecule has 0 radical (unpaired) electrons. The zero-order valence-electron chi connectivity index (χ0n) is 15.1. The molecule has 142 valence electrons. The van der Waals surface area contributed by atoms with E-state index in [1.165, 1.54) is 6.33 Å². The Labute approximate surface area is 161 Å². The highest BCUT2D eigenvalue weighted by atomic mass is 16.7. The van der Waals surface area contributed by atoms with Gasteiger partial charge in [0.15, 0.2) is 11.5 Å². The van der Waals surface area contributed by atoms with Crippen molar-refractivity contribution in [3.8, 4) is 17.2 Å². The van der Waals surface area contributed by atoms with Crippen molar-refractivity contribution in [3.63, 3.8) is 0 Å². The van der Waals surface area contributed by atoms with Gasteiger partial charge < -0.3 is 24.8 Å². The summed E-state index contributed by atoms with van der Waals surface area (Å²) >= 11 is 0. The summed E-state index contributed by atoms with van der Waals surface area (Å²) in [5.41, 5.74) is 1.91. The maximum atomic E-state index is 12.5. The normalized spacial score (nSPS) is 11.8. The van der Waals surface area contributed by atoms with Crippen molar-refractivity contribution in [2.24, 2.45) is 0 Å². The summed E-state index contributed by atoms with van der Waals surface area (Å²) in [6, 6.07) is 14.6. The fourth-order valence-corrected chi connectivity index (χ4v) is 2.76. The summed E-state index contributed by atoms with van der Waals surface area (Å²) < 4.78 is 15.9. The third kappa shape index (κ3) is 3.80. The molecule has 1 aliphatic rings. The number of rotatable bonds is 6. The molecule has 0 saturated carbocycles. The number of aromatic nitrogens is 2. The van der Waals surface area contributed by atoms with E-state index in [0.29, 0.717) is 29.6 Å². The van der Waals surface area contributed by atoms with Crippen molar-refractivity contribution >= 4 is 17.4 Å². The highest BCUT2D eigenvalue weighted by Crippen LogP contribution is 2.32. The van der Waals surface area contributed by atoms with Gasteiger partial charge in [-0.05, 0) is 29.8 Å². The van der Waals surface area contributed by atoms with E-state index in [4.69, 9.17) is 14.2 Å². The molecule has 1 amide bonds. The number of hydrogen-bond donors (Lipinski definition) is 2. The van der Waals surface area contributed by atoms with Crippen LogP contribution in [0.15, 0.2) is 54.9 Å². The minimum absolute atomic E-state index is 0.216. The molecule has 4 rings (SSSR count). The van der Waals surface area contributed by atoms with Crippen LogP contribution < -0.4 is 24.8 Å². The van der Waals surface area contributed by atoms with Crippen molar-refractivity contribution < 1.29 is 19.0 Å². The molecule has 0 saturated heterocycles. The van der Waals surface area contributed by atoms with Crippen LogP contribution in [-0.2, 0) is 6.54 Å². The molecule has 1 aliphatic heterocycles. The Kier molecular flexibility index (Phi) is 4.92. The molecule has 0 bridgehead atoms. The number of anilines is 2. The topological polar surface area (TPSA) is 94.6 Å². The highest BCUT2D eigenvalue weighted by molar-refractivity contribution is 5.93. The predicted molar refractivity (Wildman–Crippen MR) is 102 cm³/mol. The van der Waals surface area contributed by atoms with Crippen molar-refractivity contribution in [3.05, 3.63) is 66.1 Å². The van der Waals surface area contributed by atoms with Gasteiger partial charge in [-0.1, -0.05) is 18.2 Å². The Hall–Kier alpha value is -3.81. The third-order valence-electron chi connectivity index (χ3n) is 4.16. The number of methoxy groups -OCH3 is 1. The molecule has 2 aromatic carbocycles. The second kappa shape index (κ2) is 7.83. The highest BCUT2D eigenvalue weighted by Gasteiger charge is 2.14. The van der Waals surface area contributed by atoms with E-state index in [2.05, 4.69) is 20.6 Å². The first-order chi connectivity index (χ1) is 13.7. The molecule has 0 aliphatic carbocycles. The number of amides is 1. The lowest BCUT2D eigenvalue weighted by molar-refractivity contribution is 0.0945. The van der Waals surface area contributed by atoms with Crippen LogP contribution in [0, 0.1) is 0 Å². The van der Waals surface area contributed by atoms with Gasteiger partial charge in [-0.2, -0.15) is 0 Å². The number of para-hydroxylation sites is 2. The molecule has 1 aromatic heterocycles. The van der Waals surface area contributed by atoms with Gasteiger partial charge in [0.1, 0.15) is 23.6 Å². The quantitative estimate of drug-likeness (QED) is 0.681. The number of fused-ring (bicyclic) bond motifs is 1. The van der Waals surface area contributed by atoms with Gasteiger partial charge in [0.2, 0.25) is 6.79 Å².